The third-order valence-electron chi connectivity index (χ3n) is 5.61. The van der Waals surface area contributed by atoms with Gasteiger partial charge < -0.3 is 15.0 Å². The van der Waals surface area contributed by atoms with Crippen LogP contribution in [0.3, 0.4) is 0 Å². The van der Waals surface area contributed by atoms with Crippen molar-refractivity contribution in [2.24, 2.45) is 0 Å². The van der Waals surface area contributed by atoms with Crippen molar-refractivity contribution in [2.75, 3.05) is 12.3 Å². The predicted molar refractivity (Wildman–Crippen MR) is 119 cm³/mol. The van der Waals surface area contributed by atoms with Crippen LogP contribution in [0.2, 0.25) is 5.02 Å². The molecule has 8 heteroatoms. The van der Waals surface area contributed by atoms with Gasteiger partial charge in [-0.15, -0.1) is 0 Å². The number of benzene rings is 2. The summed E-state index contributed by atoms with van der Waals surface area (Å²) in [7, 11) is 0. The van der Waals surface area contributed by atoms with E-state index in [1.54, 1.807) is 18.5 Å². The second-order valence-corrected chi connectivity index (χ2v) is 8.23. The lowest BCUT2D eigenvalue weighted by atomic mass is 10.1. The van der Waals surface area contributed by atoms with Crippen molar-refractivity contribution in [2.45, 2.75) is 26.1 Å². The van der Waals surface area contributed by atoms with Crippen molar-refractivity contribution in [3.05, 3.63) is 77.0 Å². The van der Waals surface area contributed by atoms with Crippen LogP contribution in [0, 0.1) is 5.82 Å². The Labute approximate surface area is 184 Å². The lowest BCUT2D eigenvalue weighted by molar-refractivity contribution is 0.151. The van der Waals surface area contributed by atoms with Crippen LogP contribution in [0.1, 0.15) is 18.1 Å². The zero-order valence-electron chi connectivity index (χ0n) is 16.9. The van der Waals surface area contributed by atoms with Gasteiger partial charge in [-0.1, -0.05) is 11.6 Å². The Morgan fingerprint density at radius 1 is 1.19 bits per heavy atom. The van der Waals surface area contributed by atoms with Gasteiger partial charge in [0.2, 0.25) is 5.95 Å². The summed E-state index contributed by atoms with van der Waals surface area (Å²) in [6.45, 7) is 3.96. The minimum atomic E-state index is -0.255. The molecule has 1 atom stereocenters. The maximum Gasteiger partial charge on any atom is 0.219 e. The van der Waals surface area contributed by atoms with Crippen LogP contribution in [0.25, 0.3) is 16.6 Å². The van der Waals surface area contributed by atoms with Gasteiger partial charge in [0.15, 0.2) is 0 Å². The molecule has 5 rings (SSSR count). The molecule has 4 aromatic rings. The van der Waals surface area contributed by atoms with Gasteiger partial charge in [0, 0.05) is 59.9 Å². The van der Waals surface area contributed by atoms with E-state index in [0.29, 0.717) is 30.5 Å². The molecule has 0 radical (unpaired) electrons. The Hall–Kier alpha value is -3.16. The number of nitrogens with two attached hydrogens (primary N) is 1. The number of halogens is 2. The van der Waals surface area contributed by atoms with E-state index in [0.717, 1.165) is 27.7 Å². The maximum absolute atomic E-state index is 13.6. The number of ether oxygens (including phenoxy) is 1. The first-order valence-electron chi connectivity index (χ1n) is 10.0. The number of aromatic nitrogens is 3. The minimum absolute atomic E-state index is 0.167. The number of hydrogen-bond acceptors (Lipinski definition) is 5. The van der Waals surface area contributed by atoms with Crippen LogP contribution in [0.4, 0.5) is 10.3 Å². The molecule has 0 saturated heterocycles. The fourth-order valence-corrected chi connectivity index (χ4v) is 4.26. The molecule has 1 aliphatic rings. The highest BCUT2D eigenvalue weighted by Gasteiger charge is 2.24. The average Bonchev–Trinajstić information content (AvgIpc) is 3.09. The predicted octanol–water partition coefficient (Wildman–Crippen LogP) is 4.58. The van der Waals surface area contributed by atoms with Crippen LogP contribution in [0.15, 0.2) is 55.0 Å². The van der Waals surface area contributed by atoms with E-state index < -0.39 is 0 Å². The number of hydrogen-bond donors (Lipinski definition) is 1. The summed E-state index contributed by atoms with van der Waals surface area (Å²) in [4.78, 5) is 10.5. The molecule has 0 amide bonds. The van der Waals surface area contributed by atoms with E-state index in [4.69, 9.17) is 22.1 Å². The SMILES string of the molecule is C[C@@H]1COc2c(Cl)cc(-n3ccc4cc(F)ccc43)cc2CN1Cc1cnc(N)nc1. The van der Waals surface area contributed by atoms with Gasteiger partial charge in [0.05, 0.1) is 10.5 Å². The van der Waals surface area contributed by atoms with Gasteiger partial charge in [-0.3, -0.25) is 4.90 Å². The fourth-order valence-electron chi connectivity index (χ4n) is 3.97. The van der Waals surface area contributed by atoms with E-state index in [1.165, 1.54) is 12.1 Å². The summed E-state index contributed by atoms with van der Waals surface area (Å²) >= 11 is 6.64. The number of rotatable bonds is 3. The normalized spacial score (nSPS) is 16.7. The molecular weight excluding hydrogens is 417 g/mol. The van der Waals surface area contributed by atoms with Crippen molar-refractivity contribution < 1.29 is 9.13 Å². The maximum atomic E-state index is 13.6. The molecular formula is C23H21ClFN5O. The van der Waals surface area contributed by atoms with Crippen molar-refractivity contribution in [3.8, 4) is 11.4 Å². The highest BCUT2D eigenvalue weighted by Crippen LogP contribution is 2.36. The van der Waals surface area contributed by atoms with Gasteiger partial charge in [-0.2, -0.15) is 0 Å². The highest BCUT2D eigenvalue weighted by atomic mass is 35.5. The van der Waals surface area contributed by atoms with Gasteiger partial charge in [-0.05, 0) is 43.3 Å². The van der Waals surface area contributed by atoms with Crippen LogP contribution >= 0.6 is 11.6 Å². The van der Waals surface area contributed by atoms with E-state index in [9.17, 15) is 4.39 Å². The molecule has 0 unspecified atom stereocenters. The van der Waals surface area contributed by atoms with Crippen LogP contribution < -0.4 is 10.5 Å². The van der Waals surface area contributed by atoms with Crippen molar-refractivity contribution >= 4 is 28.5 Å². The molecule has 0 spiro atoms. The van der Waals surface area contributed by atoms with Gasteiger partial charge in [0.25, 0.3) is 0 Å². The summed E-state index contributed by atoms with van der Waals surface area (Å²) < 4.78 is 21.7. The molecule has 0 aliphatic carbocycles. The van der Waals surface area contributed by atoms with Crippen LogP contribution in [-0.2, 0) is 13.1 Å². The summed E-state index contributed by atoms with van der Waals surface area (Å²) in [6.07, 6.45) is 5.41. The molecule has 1 aliphatic heterocycles. The second-order valence-electron chi connectivity index (χ2n) is 7.82. The van der Waals surface area contributed by atoms with Gasteiger partial charge in [-0.25, -0.2) is 14.4 Å². The quantitative estimate of drug-likeness (QED) is 0.508. The van der Waals surface area contributed by atoms with E-state index in [-0.39, 0.29) is 17.8 Å². The Kier molecular flexibility index (Phi) is 5.00. The zero-order valence-corrected chi connectivity index (χ0v) is 17.7. The first-order valence-corrected chi connectivity index (χ1v) is 10.4. The third kappa shape index (κ3) is 3.82. The molecule has 31 heavy (non-hydrogen) atoms. The molecule has 6 nitrogen and oxygen atoms in total. The van der Waals surface area contributed by atoms with E-state index in [1.807, 2.05) is 22.9 Å². The zero-order chi connectivity index (χ0) is 21.5. The number of nitrogens with zero attached hydrogens (tertiary/aromatic N) is 4. The topological polar surface area (TPSA) is 69.2 Å². The molecule has 2 aromatic heterocycles. The summed E-state index contributed by atoms with van der Waals surface area (Å²) in [6, 6.07) is 10.8. The summed E-state index contributed by atoms with van der Waals surface area (Å²) in [5.74, 6) is 0.710. The van der Waals surface area contributed by atoms with Gasteiger partial charge in [0.1, 0.15) is 18.2 Å². The van der Waals surface area contributed by atoms with E-state index in [2.05, 4.69) is 27.9 Å². The van der Waals surface area contributed by atoms with Crippen molar-refractivity contribution in [1.29, 1.82) is 0 Å². The standard InChI is InChI=1S/C23H21ClFN5O/c1-14-13-31-22-17(12-29(14)11-15-9-27-23(26)28-10-15)7-19(8-20(22)24)30-5-4-16-6-18(25)2-3-21(16)30/h2-10,14H,11-13H2,1H3,(H2,26,27,28)/t14-/m1/s1. The van der Waals surface area contributed by atoms with E-state index >= 15 is 0 Å². The van der Waals surface area contributed by atoms with Crippen LogP contribution in [-0.4, -0.2) is 32.1 Å². The summed E-state index contributed by atoms with van der Waals surface area (Å²) in [5, 5.41) is 1.39. The lowest BCUT2D eigenvalue weighted by Crippen LogP contribution is -2.34. The fraction of sp³-hybridized carbons (Fsp3) is 0.217. The minimum Gasteiger partial charge on any atom is -0.490 e. The van der Waals surface area contributed by atoms with Gasteiger partial charge >= 0.3 is 0 Å². The lowest BCUT2D eigenvalue weighted by Gasteiger charge is -2.25. The number of anilines is 1. The average molecular weight is 438 g/mol. The number of nitrogen functional groups attached to an aromatic ring is 1. The molecule has 0 fully saturated rings. The number of fused-ring (bicyclic) bond motifs is 2. The third-order valence-corrected chi connectivity index (χ3v) is 5.89. The smallest absolute Gasteiger partial charge is 0.219 e. The van der Waals surface area contributed by atoms with Crippen molar-refractivity contribution in [3.63, 3.8) is 0 Å². The Bertz CT molecular complexity index is 1260. The Morgan fingerprint density at radius 3 is 2.81 bits per heavy atom. The van der Waals surface area contributed by atoms with Crippen molar-refractivity contribution in [1.82, 2.24) is 19.4 Å². The highest BCUT2D eigenvalue weighted by molar-refractivity contribution is 6.32. The Balaban J connectivity index is 1.51. The largest absolute Gasteiger partial charge is 0.490 e. The molecule has 0 saturated carbocycles. The summed E-state index contributed by atoms with van der Waals surface area (Å²) in [5.41, 5.74) is 9.39. The second kappa shape index (κ2) is 7.83. The molecule has 0 bridgehead atoms. The molecule has 2 N–H and O–H groups in total. The first-order chi connectivity index (χ1) is 15.0. The monoisotopic (exact) mass is 437 g/mol. The first kappa shape index (κ1) is 19.8. The molecule has 3 heterocycles. The van der Waals surface area contributed by atoms with Crippen LogP contribution in [0.5, 0.6) is 5.75 Å². The molecule has 2 aromatic carbocycles. The molecule has 158 valence electrons. The Morgan fingerprint density at radius 2 is 2.00 bits per heavy atom.